The Kier molecular flexibility index (Phi) is 4.90. The van der Waals surface area contributed by atoms with Crippen molar-refractivity contribution in [3.63, 3.8) is 0 Å². The van der Waals surface area contributed by atoms with Gasteiger partial charge in [-0.2, -0.15) is 5.26 Å². The van der Waals surface area contributed by atoms with E-state index in [4.69, 9.17) is 4.42 Å². The quantitative estimate of drug-likeness (QED) is 0.272. The van der Waals surface area contributed by atoms with E-state index < -0.39 is 0 Å². The van der Waals surface area contributed by atoms with Crippen LogP contribution >= 0.6 is 0 Å². The average molecular weight is 453 g/mol. The normalized spacial score (nSPS) is 11.1. The number of nitriles is 1. The maximum Gasteiger partial charge on any atom is 0.216 e. The van der Waals surface area contributed by atoms with Gasteiger partial charge < -0.3 is 4.42 Å². The summed E-state index contributed by atoms with van der Waals surface area (Å²) in [5.74, 6) is 0. The highest BCUT2D eigenvalue weighted by Gasteiger charge is 2.23. The van der Waals surface area contributed by atoms with Crippen molar-refractivity contribution in [2.75, 3.05) is 0 Å². The molecule has 0 fully saturated rings. The summed E-state index contributed by atoms with van der Waals surface area (Å²) in [4.78, 5) is 4.67. The first-order valence-electron chi connectivity index (χ1n) is 11.5. The Bertz CT molecular complexity index is 1780. The maximum absolute atomic E-state index is 9.98. The monoisotopic (exact) mass is 452 g/mol. The molecular formula is C31H22N3O+. The van der Waals surface area contributed by atoms with Gasteiger partial charge >= 0.3 is 0 Å². The summed E-state index contributed by atoms with van der Waals surface area (Å²) in [5, 5.41) is 10.9. The minimum Gasteiger partial charge on any atom is -0.453 e. The summed E-state index contributed by atoms with van der Waals surface area (Å²) < 4.78 is 8.71. The van der Waals surface area contributed by atoms with Gasteiger partial charge in [0.15, 0.2) is 17.4 Å². The van der Waals surface area contributed by atoms with E-state index in [0.29, 0.717) is 11.1 Å². The third-order valence-corrected chi connectivity index (χ3v) is 6.55. The second-order valence-corrected chi connectivity index (χ2v) is 8.72. The highest BCUT2D eigenvalue weighted by Crippen LogP contribution is 2.41. The molecule has 3 aromatic carbocycles. The molecule has 4 heteroatoms. The minimum atomic E-state index is 0.491. The lowest BCUT2D eigenvalue weighted by Crippen LogP contribution is -2.30. The molecule has 0 saturated carbocycles. The number of aryl methyl sites for hydroxylation is 2. The summed E-state index contributed by atoms with van der Waals surface area (Å²) in [5.41, 5.74) is 9.78. The van der Waals surface area contributed by atoms with Crippen LogP contribution in [0.25, 0.3) is 55.6 Å². The number of pyridine rings is 2. The summed E-state index contributed by atoms with van der Waals surface area (Å²) in [6.07, 6.45) is 3.69. The molecule has 6 rings (SSSR count). The zero-order valence-electron chi connectivity index (χ0n) is 19.5. The Morgan fingerprint density at radius 2 is 1.57 bits per heavy atom. The number of aromatic nitrogens is 2. The predicted octanol–water partition coefficient (Wildman–Crippen LogP) is 6.99. The first kappa shape index (κ1) is 20.8. The number of hydrogen-bond donors (Lipinski definition) is 0. The molecule has 0 spiro atoms. The molecule has 0 aliphatic rings. The van der Waals surface area contributed by atoms with Crippen molar-refractivity contribution in [2.45, 2.75) is 6.92 Å². The van der Waals surface area contributed by atoms with Gasteiger partial charge in [-0.1, -0.05) is 54.6 Å². The molecule has 166 valence electrons. The standard InChI is InChI=1S/C31H22N3O/c1-20-14-15-25-29-31(35-30(25)27(20)26-13-6-7-16-34(26)2)28(24(18-32)19-33-29)23-12-8-11-22(17-23)21-9-4-3-5-10-21/h3-17,19H,1-2H3/q+1. The lowest BCUT2D eigenvalue weighted by molar-refractivity contribution is -0.660. The topological polar surface area (TPSA) is 53.7 Å². The molecule has 4 nitrogen and oxygen atoms in total. The van der Waals surface area contributed by atoms with Gasteiger partial charge in [0.05, 0.1) is 11.1 Å². The predicted molar refractivity (Wildman–Crippen MR) is 138 cm³/mol. The van der Waals surface area contributed by atoms with Crippen LogP contribution in [0.4, 0.5) is 0 Å². The van der Waals surface area contributed by atoms with Crippen molar-refractivity contribution in [2.24, 2.45) is 7.05 Å². The van der Waals surface area contributed by atoms with E-state index in [0.717, 1.165) is 55.6 Å². The number of benzene rings is 3. The average Bonchev–Trinajstić information content (AvgIpc) is 3.28. The first-order valence-corrected chi connectivity index (χ1v) is 11.5. The molecule has 0 amide bonds. The molecule has 35 heavy (non-hydrogen) atoms. The van der Waals surface area contributed by atoms with E-state index in [1.807, 2.05) is 55.7 Å². The summed E-state index contributed by atoms with van der Waals surface area (Å²) in [6.45, 7) is 2.09. The van der Waals surface area contributed by atoms with Crippen molar-refractivity contribution in [1.82, 2.24) is 4.98 Å². The van der Waals surface area contributed by atoms with Gasteiger partial charge in [0.2, 0.25) is 5.69 Å². The van der Waals surface area contributed by atoms with E-state index in [-0.39, 0.29) is 0 Å². The largest absolute Gasteiger partial charge is 0.453 e. The lowest BCUT2D eigenvalue weighted by Gasteiger charge is -2.08. The number of nitrogens with zero attached hydrogens (tertiary/aromatic N) is 3. The first-order chi connectivity index (χ1) is 17.2. The molecule has 0 radical (unpaired) electrons. The van der Waals surface area contributed by atoms with Crippen molar-refractivity contribution in [1.29, 1.82) is 5.26 Å². The molecule has 3 heterocycles. The minimum absolute atomic E-state index is 0.491. The third kappa shape index (κ3) is 3.37. The highest BCUT2D eigenvalue weighted by molar-refractivity contribution is 6.12. The van der Waals surface area contributed by atoms with E-state index >= 15 is 0 Å². The smallest absolute Gasteiger partial charge is 0.216 e. The lowest BCUT2D eigenvalue weighted by atomic mass is 9.96. The van der Waals surface area contributed by atoms with Crippen LogP contribution in [0.2, 0.25) is 0 Å². The van der Waals surface area contributed by atoms with Crippen LogP contribution in [0.15, 0.2) is 102 Å². The number of furan rings is 1. The van der Waals surface area contributed by atoms with Crippen LogP contribution in [-0.4, -0.2) is 4.98 Å². The molecule has 6 aromatic rings. The molecule has 0 aliphatic heterocycles. The Hall–Kier alpha value is -4.75. The van der Waals surface area contributed by atoms with Gasteiger partial charge in [-0.3, -0.25) is 4.98 Å². The zero-order valence-corrected chi connectivity index (χ0v) is 19.5. The summed E-state index contributed by atoms with van der Waals surface area (Å²) in [7, 11) is 2.03. The Balaban J connectivity index is 1.67. The molecule has 0 unspecified atom stereocenters. The van der Waals surface area contributed by atoms with Crippen molar-refractivity contribution in [3.8, 4) is 39.6 Å². The number of rotatable bonds is 3. The van der Waals surface area contributed by atoms with Crippen LogP contribution in [0.1, 0.15) is 11.1 Å². The van der Waals surface area contributed by atoms with Crippen LogP contribution in [-0.2, 0) is 7.05 Å². The second kappa shape index (κ2) is 8.23. The van der Waals surface area contributed by atoms with Gasteiger partial charge in [-0.05, 0) is 47.4 Å². The van der Waals surface area contributed by atoms with E-state index in [1.54, 1.807) is 6.20 Å². The molecule has 0 atom stereocenters. The van der Waals surface area contributed by atoms with Crippen LogP contribution < -0.4 is 4.57 Å². The zero-order chi connectivity index (χ0) is 23.9. The fourth-order valence-electron chi connectivity index (χ4n) is 4.82. The molecule has 0 N–H and O–H groups in total. The van der Waals surface area contributed by atoms with Gasteiger partial charge in [-0.15, -0.1) is 0 Å². The van der Waals surface area contributed by atoms with Gasteiger partial charge in [0.1, 0.15) is 18.6 Å². The van der Waals surface area contributed by atoms with Crippen molar-refractivity contribution >= 4 is 22.1 Å². The van der Waals surface area contributed by atoms with E-state index in [1.165, 1.54) is 0 Å². The molecule has 0 aliphatic carbocycles. The summed E-state index contributed by atoms with van der Waals surface area (Å²) >= 11 is 0. The second-order valence-electron chi connectivity index (χ2n) is 8.72. The van der Waals surface area contributed by atoms with Gasteiger partial charge in [-0.25, -0.2) is 4.57 Å². The van der Waals surface area contributed by atoms with Crippen molar-refractivity contribution < 1.29 is 8.98 Å². The number of fused-ring (bicyclic) bond motifs is 3. The highest BCUT2D eigenvalue weighted by atomic mass is 16.3. The molecule has 0 bridgehead atoms. The van der Waals surface area contributed by atoms with Crippen LogP contribution in [0.3, 0.4) is 0 Å². The third-order valence-electron chi connectivity index (χ3n) is 6.55. The van der Waals surface area contributed by atoms with E-state index in [9.17, 15) is 5.26 Å². The fraction of sp³-hybridized carbons (Fsp3) is 0.0645. The summed E-state index contributed by atoms with van der Waals surface area (Å²) in [6, 6.07) is 31.1. The maximum atomic E-state index is 9.98. The number of hydrogen-bond acceptors (Lipinski definition) is 3. The van der Waals surface area contributed by atoms with Crippen LogP contribution in [0, 0.1) is 18.3 Å². The SMILES string of the molecule is Cc1ccc2c(oc3c(-c4cccc(-c5ccccc5)c4)c(C#N)cnc32)c1-c1cccc[n+]1C. The van der Waals surface area contributed by atoms with Crippen LogP contribution in [0.5, 0.6) is 0 Å². The van der Waals surface area contributed by atoms with Crippen molar-refractivity contribution in [3.05, 3.63) is 108 Å². The van der Waals surface area contributed by atoms with E-state index in [2.05, 4.69) is 65.0 Å². The van der Waals surface area contributed by atoms with Gasteiger partial charge in [0.25, 0.3) is 0 Å². The molecule has 0 saturated heterocycles. The molecular weight excluding hydrogens is 430 g/mol. The molecule has 3 aromatic heterocycles. The fourth-order valence-corrected chi connectivity index (χ4v) is 4.82. The Labute approximate surface area is 203 Å². The Morgan fingerprint density at radius 1 is 0.800 bits per heavy atom. The van der Waals surface area contributed by atoms with Gasteiger partial charge in [0, 0.05) is 29.3 Å². The Morgan fingerprint density at radius 3 is 2.37 bits per heavy atom.